The minimum absolute atomic E-state index is 0.523. The van der Waals surface area contributed by atoms with Crippen molar-refractivity contribution in [1.82, 2.24) is 15.5 Å². The van der Waals surface area contributed by atoms with Crippen LogP contribution in [0.15, 0.2) is 22.8 Å². The number of nitrogens with zero attached hydrogens (tertiary/aromatic N) is 2. The molecule has 0 saturated carbocycles. The molecule has 2 aromatic heterocycles. The maximum Gasteiger partial charge on any atom is 0.183 e. The molecule has 84 valence electrons. The highest BCUT2D eigenvalue weighted by atomic mass is 32.1. The van der Waals surface area contributed by atoms with E-state index in [4.69, 9.17) is 4.42 Å². The molecule has 4 nitrogen and oxygen atoms in total. The zero-order valence-electron chi connectivity index (χ0n) is 8.85. The van der Waals surface area contributed by atoms with Crippen molar-refractivity contribution in [2.45, 2.75) is 18.8 Å². The van der Waals surface area contributed by atoms with E-state index in [1.54, 1.807) is 17.6 Å². The fourth-order valence-corrected chi connectivity index (χ4v) is 2.91. The largest absolute Gasteiger partial charge is 0.462 e. The summed E-state index contributed by atoms with van der Waals surface area (Å²) in [5, 5.41) is 13.8. The Balaban J connectivity index is 1.82. The quantitative estimate of drug-likeness (QED) is 0.867. The Labute approximate surface area is 97.7 Å². The Morgan fingerprint density at radius 3 is 3.19 bits per heavy atom. The van der Waals surface area contributed by atoms with Crippen LogP contribution in [0.5, 0.6) is 0 Å². The highest BCUT2D eigenvalue weighted by Crippen LogP contribution is 2.30. The van der Waals surface area contributed by atoms with Crippen molar-refractivity contribution in [3.8, 4) is 10.8 Å². The van der Waals surface area contributed by atoms with E-state index in [-0.39, 0.29) is 0 Å². The third-order valence-corrected chi connectivity index (χ3v) is 3.92. The maximum atomic E-state index is 5.31. The minimum Gasteiger partial charge on any atom is -0.462 e. The zero-order chi connectivity index (χ0) is 10.8. The van der Waals surface area contributed by atoms with Gasteiger partial charge in [-0.25, -0.2) is 0 Å². The molecular weight excluding hydrogens is 222 g/mol. The van der Waals surface area contributed by atoms with Gasteiger partial charge < -0.3 is 9.73 Å². The molecule has 1 fully saturated rings. The van der Waals surface area contributed by atoms with Crippen molar-refractivity contribution >= 4 is 11.3 Å². The summed E-state index contributed by atoms with van der Waals surface area (Å²) < 4.78 is 5.31. The molecule has 0 bridgehead atoms. The summed E-state index contributed by atoms with van der Waals surface area (Å²) >= 11 is 1.64. The highest BCUT2D eigenvalue weighted by molar-refractivity contribution is 7.14. The van der Waals surface area contributed by atoms with Crippen molar-refractivity contribution < 1.29 is 4.42 Å². The monoisotopic (exact) mass is 235 g/mol. The summed E-state index contributed by atoms with van der Waals surface area (Å²) in [6.45, 7) is 2.15. The Kier molecular flexibility index (Phi) is 2.71. The number of aromatic nitrogens is 2. The van der Waals surface area contributed by atoms with E-state index in [9.17, 15) is 0 Å². The lowest BCUT2D eigenvalue weighted by Crippen LogP contribution is -2.28. The van der Waals surface area contributed by atoms with Crippen LogP contribution in [0.25, 0.3) is 10.8 Å². The molecule has 16 heavy (non-hydrogen) atoms. The van der Waals surface area contributed by atoms with Gasteiger partial charge in [0, 0.05) is 12.5 Å². The predicted octanol–water partition coefficient (Wildman–Crippen LogP) is 2.27. The van der Waals surface area contributed by atoms with Crippen LogP contribution in [0.1, 0.15) is 23.8 Å². The molecule has 1 saturated heterocycles. The van der Waals surface area contributed by atoms with Gasteiger partial charge >= 0.3 is 0 Å². The van der Waals surface area contributed by atoms with E-state index in [0.717, 1.165) is 28.9 Å². The molecule has 1 aliphatic rings. The van der Waals surface area contributed by atoms with Crippen molar-refractivity contribution in [3.63, 3.8) is 0 Å². The second kappa shape index (κ2) is 4.35. The molecule has 3 rings (SSSR count). The van der Waals surface area contributed by atoms with Crippen LogP contribution in [0, 0.1) is 0 Å². The lowest BCUT2D eigenvalue weighted by atomic mass is 10.0. The van der Waals surface area contributed by atoms with Gasteiger partial charge in [-0.3, -0.25) is 0 Å². The van der Waals surface area contributed by atoms with E-state index in [2.05, 4.69) is 15.5 Å². The second-order valence-corrected chi connectivity index (χ2v) is 4.98. The van der Waals surface area contributed by atoms with Gasteiger partial charge in [-0.1, -0.05) is 11.3 Å². The molecule has 1 aliphatic heterocycles. The maximum absolute atomic E-state index is 5.31. The van der Waals surface area contributed by atoms with Crippen LogP contribution in [0.3, 0.4) is 0 Å². The molecule has 1 atom stereocenters. The summed E-state index contributed by atoms with van der Waals surface area (Å²) in [4.78, 5) is 0. The first-order valence-corrected chi connectivity index (χ1v) is 6.33. The van der Waals surface area contributed by atoms with Crippen LogP contribution in [0.2, 0.25) is 0 Å². The predicted molar refractivity (Wildman–Crippen MR) is 62.5 cm³/mol. The van der Waals surface area contributed by atoms with E-state index < -0.39 is 0 Å². The van der Waals surface area contributed by atoms with Gasteiger partial charge in [0.1, 0.15) is 5.01 Å². The second-order valence-electron chi connectivity index (χ2n) is 3.97. The molecule has 1 unspecified atom stereocenters. The topological polar surface area (TPSA) is 51.0 Å². The number of hydrogen-bond donors (Lipinski definition) is 1. The standard InChI is InChI=1S/C11H13N3OS/c1-3-8(7-12-5-1)10-13-14-11(16-10)9-4-2-6-15-9/h2,4,6,8,12H,1,3,5,7H2. The first-order chi connectivity index (χ1) is 7.93. The number of hydrogen-bond acceptors (Lipinski definition) is 5. The molecule has 3 heterocycles. The summed E-state index contributed by atoms with van der Waals surface area (Å²) in [6.07, 6.45) is 4.10. The number of furan rings is 1. The van der Waals surface area contributed by atoms with Crippen LogP contribution >= 0.6 is 11.3 Å². The molecule has 1 N–H and O–H groups in total. The normalized spacial score (nSPS) is 21.1. The Bertz CT molecular complexity index is 446. The molecular formula is C11H13N3OS. The van der Waals surface area contributed by atoms with Crippen molar-refractivity contribution in [3.05, 3.63) is 23.4 Å². The Morgan fingerprint density at radius 1 is 1.44 bits per heavy atom. The smallest absolute Gasteiger partial charge is 0.183 e. The summed E-state index contributed by atoms with van der Waals surface area (Å²) in [5.41, 5.74) is 0. The lowest BCUT2D eigenvalue weighted by Gasteiger charge is -2.19. The van der Waals surface area contributed by atoms with Crippen molar-refractivity contribution in [1.29, 1.82) is 0 Å². The lowest BCUT2D eigenvalue weighted by molar-refractivity contribution is 0.458. The third-order valence-electron chi connectivity index (χ3n) is 2.82. The van der Waals surface area contributed by atoms with E-state index in [0.29, 0.717) is 5.92 Å². The average molecular weight is 235 g/mol. The van der Waals surface area contributed by atoms with Gasteiger partial charge in [0.05, 0.1) is 6.26 Å². The Hall–Kier alpha value is -1.20. The average Bonchev–Trinajstić information content (AvgIpc) is 3.01. The third kappa shape index (κ3) is 1.88. The molecule has 0 amide bonds. The molecule has 0 aliphatic carbocycles. The van der Waals surface area contributed by atoms with Gasteiger partial charge in [0.25, 0.3) is 0 Å². The molecule has 0 radical (unpaired) electrons. The number of piperidine rings is 1. The Morgan fingerprint density at radius 2 is 2.44 bits per heavy atom. The van der Waals surface area contributed by atoms with Gasteiger partial charge in [0.2, 0.25) is 0 Å². The molecule has 0 spiro atoms. The fourth-order valence-electron chi connectivity index (χ4n) is 1.96. The summed E-state index contributed by atoms with van der Waals surface area (Å²) in [6, 6.07) is 3.79. The number of nitrogens with one attached hydrogen (secondary N) is 1. The minimum atomic E-state index is 0.523. The van der Waals surface area contributed by atoms with E-state index in [1.807, 2.05) is 12.1 Å². The molecule has 0 aromatic carbocycles. The van der Waals surface area contributed by atoms with Crippen molar-refractivity contribution in [2.24, 2.45) is 0 Å². The number of rotatable bonds is 2. The zero-order valence-corrected chi connectivity index (χ0v) is 9.67. The molecule has 5 heteroatoms. The first-order valence-electron chi connectivity index (χ1n) is 5.51. The fraction of sp³-hybridized carbons (Fsp3) is 0.455. The van der Waals surface area contributed by atoms with E-state index >= 15 is 0 Å². The summed E-state index contributed by atoms with van der Waals surface area (Å²) in [7, 11) is 0. The van der Waals surface area contributed by atoms with Crippen LogP contribution in [-0.4, -0.2) is 23.3 Å². The van der Waals surface area contributed by atoms with Gasteiger partial charge in [0.15, 0.2) is 10.8 Å². The van der Waals surface area contributed by atoms with Gasteiger partial charge in [-0.2, -0.15) is 0 Å². The van der Waals surface area contributed by atoms with Crippen LogP contribution < -0.4 is 5.32 Å². The summed E-state index contributed by atoms with van der Waals surface area (Å²) in [5.74, 6) is 1.34. The van der Waals surface area contributed by atoms with Crippen LogP contribution in [0.4, 0.5) is 0 Å². The van der Waals surface area contributed by atoms with Gasteiger partial charge in [-0.15, -0.1) is 10.2 Å². The highest BCUT2D eigenvalue weighted by Gasteiger charge is 2.20. The first kappa shape index (κ1) is 9.99. The van der Waals surface area contributed by atoms with Crippen molar-refractivity contribution in [2.75, 3.05) is 13.1 Å². The molecule has 2 aromatic rings. The SMILES string of the molecule is c1coc(-c2nnc(C3CCCNC3)s2)c1. The van der Waals surface area contributed by atoms with Crippen LogP contribution in [-0.2, 0) is 0 Å². The van der Waals surface area contributed by atoms with Gasteiger partial charge in [-0.05, 0) is 31.5 Å². The van der Waals surface area contributed by atoms with E-state index in [1.165, 1.54) is 12.8 Å².